The van der Waals surface area contributed by atoms with Crippen molar-refractivity contribution < 1.29 is 9.90 Å². The van der Waals surface area contributed by atoms with Crippen molar-refractivity contribution in [1.29, 1.82) is 0 Å². The van der Waals surface area contributed by atoms with Crippen molar-refractivity contribution in [2.75, 3.05) is 0 Å². The number of hydrogen-bond acceptors (Lipinski definition) is 3. The molecule has 2 aromatic heterocycles. The Morgan fingerprint density at radius 3 is 2.94 bits per heavy atom. The van der Waals surface area contributed by atoms with Crippen molar-refractivity contribution in [1.82, 2.24) is 9.38 Å². The SMILES string of the molecule is Cc1nc(C)n2ccc(C(N)CC(=O)O)cc12. The lowest BCUT2D eigenvalue weighted by atomic mass is 10.1. The number of fused-ring (bicyclic) bond motifs is 1. The van der Waals surface area contributed by atoms with Gasteiger partial charge in [-0.2, -0.15) is 0 Å². The minimum Gasteiger partial charge on any atom is -0.481 e. The summed E-state index contributed by atoms with van der Waals surface area (Å²) >= 11 is 0. The van der Waals surface area contributed by atoms with E-state index in [9.17, 15) is 4.79 Å². The van der Waals surface area contributed by atoms with E-state index in [0.29, 0.717) is 0 Å². The minimum atomic E-state index is -0.890. The highest BCUT2D eigenvalue weighted by molar-refractivity contribution is 5.68. The van der Waals surface area contributed by atoms with Gasteiger partial charge in [0.05, 0.1) is 17.6 Å². The first-order chi connectivity index (χ1) is 7.99. The number of nitrogens with two attached hydrogens (primary N) is 1. The van der Waals surface area contributed by atoms with Crippen molar-refractivity contribution in [3.63, 3.8) is 0 Å². The lowest BCUT2D eigenvalue weighted by Gasteiger charge is -2.10. The fourth-order valence-corrected chi connectivity index (χ4v) is 1.97. The molecule has 0 bridgehead atoms. The third kappa shape index (κ3) is 2.14. The van der Waals surface area contributed by atoms with Crippen molar-refractivity contribution in [3.8, 4) is 0 Å². The zero-order valence-corrected chi connectivity index (χ0v) is 9.84. The average Bonchev–Trinajstić information content (AvgIpc) is 2.53. The maximum absolute atomic E-state index is 10.6. The Morgan fingerprint density at radius 1 is 1.59 bits per heavy atom. The minimum absolute atomic E-state index is 0.0671. The number of imidazole rings is 1. The summed E-state index contributed by atoms with van der Waals surface area (Å²) in [7, 11) is 0. The lowest BCUT2D eigenvalue weighted by Crippen LogP contribution is -2.15. The number of carbonyl (C=O) groups is 1. The second kappa shape index (κ2) is 4.18. The Balaban J connectivity index is 2.44. The molecule has 0 aliphatic carbocycles. The molecular formula is C12H15N3O2. The maximum Gasteiger partial charge on any atom is 0.305 e. The van der Waals surface area contributed by atoms with E-state index in [0.717, 1.165) is 22.6 Å². The molecule has 0 aromatic carbocycles. The summed E-state index contributed by atoms with van der Waals surface area (Å²) in [4.78, 5) is 15.0. The molecule has 0 radical (unpaired) electrons. The molecule has 2 rings (SSSR count). The van der Waals surface area contributed by atoms with Crippen LogP contribution in [0, 0.1) is 13.8 Å². The molecule has 3 N–H and O–H groups in total. The molecular weight excluding hydrogens is 218 g/mol. The van der Waals surface area contributed by atoms with Gasteiger partial charge in [0.2, 0.25) is 0 Å². The number of pyridine rings is 1. The molecule has 17 heavy (non-hydrogen) atoms. The van der Waals surface area contributed by atoms with Gasteiger partial charge in [0.15, 0.2) is 0 Å². The number of hydrogen-bond donors (Lipinski definition) is 2. The van der Waals surface area contributed by atoms with E-state index in [1.807, 2.05) is 36.6 Å². The van der Waals surface area contributed by atoms with Gasteiger partial charge in [0.25, 0.3) is 0 Å². The van der Waals surface area contributed by atoms with Gasteiger partial charge >= 0.3 is 5.97 Å². The first-order valence-electron chi connectivity index (χ1n) is 5.41. The van der Waals surface area contributed by atoms with Gasteiger partial charge in [-0.25, -0.2) is 4.98 Å². The monoisotopic (exact) mass is 233 g/mol. The molecule has 0 spiro atoms. The van der Waals surface area contributed by atoms with E-state index in [-0.39, 0.29) is 6.42 Å². The van der Waals surface area contributed by atoms with Gasteiger partial charge < -0.3 is 15.2 Å². The summed E-state index contributed by atoms with van der Waals surface area (Å²) < 4.78 is 1.96. The number of rotatable bonds is 3. The molecule has 0 aliphatic heterocycles. The maximum atomic E-state index is 10.6. The first kappa shape index (κ1) is 11.6. The molecule has 0 fully saturated rings. The third-order valence-corrected chi connectivity index (χ3v) is 2.85. The van der Waals surface area contributed by atoms with Gasteiger partial charge in [-0.15, -0.1) is 0 Å². The third-order valence-electron chi connectivity index (χ3n) is 2.85. The molecule has 0 saturated carbocycles. The van der Waals surface area contributed by atoms with Crippen LogP contribution in [0.15, 0.2) is 18.3 Å². The second-order valence-corrected chi connectivity index (χ2v) is 4.16. The normalized spacial score (nSPS) is 12.9. The van der Waals surface area contributed by atoms with Gasteiger partial charge in [-0.05, 0) is 31.5 Å². The highest BCUT2D eigenvalue weighted by atomic mass is 16.4. The molecule has 0 saturated heterocycles. The van der Waals surface area contributed by atoms with E-state index in [1.165, 1.54) is 0 Å². The van der Waals surface area contributed by atoms with Crippen LogP contribution >= 0.6 is 0 Å². The summed E-state index contributed by atoms with van der Waals surface area (Å²) in [6.07, 6.45) is 1.81. The molecule has 1 atom stereocenters. The van der Waals surface area contributed by atoms with Crippen molar-refractivity contribution in [2.45, 2.75) is 26.3 Å². The van der Waals surface area contributed by atoms with Gasteiger partial charge in [-0.3, -0.25) is 4.79 Å². The Kier molecular flexibility index (Phi) is 2.85. The largest absolute Gasteiger partial charge is 0.481 e. The molecule has 1 unspecified atom stereocenters. The number of aliphatic carboxylic acids is 1. The molecule has 2 aromatic rings. The predicted octanol–water partition coefficient (Wildman–Crippen LogP) is 1.43. The lowest BCUT2D eigenvalue weighted by molar-refractivity contribution is -0.137. The van der Waals surface area contributed by atoms with Crippen LogP contribution in [0.5, 0.6) is 0 Å². The molecule has 90 valence electrons. The van der Waals surface area contributed by atoms with Crippen LogP contribution in [0.4, 0.5) is 0 Å². The molecule has 5 nitrogen and oxygen atoms in total. The molecule has 2 heterocycles. The van der Waals surface area contributed by atoms with Gasteiger partial charge in [0.1, 0.15) is 5.82 Å². The zero-order chi connectivity index (χ0) is 12.6. The summed E-state index contributed by atoms with van der Waals surface area (Å²) in [5.41, 5.74) is 8.55. The van der Waals surface area contributed by atoms with Crippen molar-refractivity contribution in [2.24, 2.45) is 5.73 Å². The topological polar surface area (TPSA) is 80.6 Å². The van der Waals surface area contributed by atoms with Crippen LogP contribution in [0.2, 0.25) is 0 Å². The van der Waals surface area contributed by atoms with E-state index in [4.69, 9.17) is 10.8 Å². The van der Waals surface area contributed by atoms with Gasteiger partial charge in [0, 0.05) is 12.2 Å². The Labute approximate surface area is 98.9 Å². The van der Waals surface area contributed by atoms with E-state index in [1.54, 1.807) is 0 Å². The standard InChI is InChI=1S/C12H15N3O2/c1-7-11-5-9(10(13)6-12(16)17)3-4-15(11)8(2)14-7/h3-5,10H,6,13H2,1-2H3,(H,16,17). The Bertz CT molecular complexity index is 574. The zero-order valence-electron chi connectivity index (χ0n) is 9.84. The quantitative estimate of drug-likeness (QED) is 0.840. The van der Waals surface area contributed by atoms with Crippen LogP contribution in [0.25, 0.3) is 5.52 Å². The number of aromatic nitrogens is 2. The Morgan fingerprint density at radius 2 is 2.29 bits per heavy atom. The van der Waals surface area contributed by atoms with E-state index < -0.39 is 12.0 Å². The highest BCUT2D eigenvalue weighted by Crippen LogP contribution is 2.19. The Hall–Kier alpha value is -1.88. The fourth-order valence-electron chi connectivity index (χ4n) is 1.97. The predicted molar refractivity (Wildman–Crippen MR) is 63.8 cm³/mol. The smallest absolute Gasteiger partial charge is 0.305 e. The first-order valence-corrected chi connectivity index (χ1v) is 5.41. The van der Waals surface area contributed by atoms with Crippen molar-refractivity contribution >= 4 is 11.5 Å². The molecule has 0 aliphatic rings. The van der Waals surface area contributed by atoms with Crippen LogP contribution in [0.3, 0.4) is 0 Å². The summed E-state index contributed by atoms with van der Waals surface area (Å²) in [5, 5.41) is 8.72. The van der Waals surface area contributed by atoms with Crippen LogP contribution in [0.1, 0.15) is 29.5 Å². The number of nitrogens with zero attached hydrogens (tertiary/aromatic N) is 2. The van der Waals surface area contributed by atoms with Crippen LogP contribution < -0.4 is 5.73 Å². The molecule has 5 heteroatoms. The molecule has 0 amide bonds. The number of aryl methyl sites for hydroxylation is 2. The van der Waals surface area contributed by atoms with Crippen molar-refractivity contribution in [3.05, 3.63) is 35.4 Å². The van der Waals surface area contributed by atoms with Crippen LogP contribution in [-0.4, -0.2) is 20.5 Å². The van der Waals surface area contributed by atoms with Crippen LogP contribution in [-0.2, 0) is 4.79 Å². The summed E-state index contributed by atoms with van der Waals surface area (Å²) in [6.45, 7) is 3.85. The van der Waals surface area contributed by atoms with E-state index >= 15 is 0 Å². The second-order valence-electron chi connectivity index (χ2n) is 4.16. The van der Waals surface area contributed by atoms with E-state index in [2.05, 4.69) is 4.98 Å². The summed E-state index contributed by atoms with van der Waals surface area (Å²) in [5.74, 6) is 0.0228. The number of carboxylic acid groups (broad SMARTS) is 1. The summed E-state index contributed by atoms with van der Waals surface area (Å²) in [6, 6.07) is 3.27. The number of carboxylic acids is 1. The fraction of sp³-hybridized carbons (Fsp3) is 0.333. The van der Waals surface area contributed by atoms with Gasteiger partial charge in [-0.1, -0.05) is 0 Å². The highest BCUT2D eigenvalue weighted by Gasteiger charge is 2.12. The average molecular weight is 233 g/mol.